The molecule has 0 radical (unpaired) electrons. The zero-order valence-corrected chi connectivity index (χ0v) is 17.0. The maximum atomic E-state index is 10.8. The largest absolute Gasteiger partial charge is 0.366 e. The average molecular weight is 358 g/mol. The number of rotatable bonds is 16. The van der Waals surface area contributed by atoms with Gasteiger partial charge in [0.15, 0.2) is 0 Å². The van der Waals surface area contributed by atoms with Gasteiger partial charge < -0.3 is 5.73 Å². The van der Waals surface area contributed by atoms with Crippen LogP contribution in [0.1, 0.15) is 84.5 Å². The first-order chi connectivity index (χ1) is 12.7. The predicted octanol–water partition coefficient (Wildman–Crippen LogP) is 6.95. The van der Waals surface area contributed by atoms with Gasteiger partial charge in [0.2, 0.25) is 5.91 Å². The van der Waals surface area contributed by atoms with Gasteiger partial charge in [-0.2, -0.15) is 0 Å². The molecule has 0 aliphatic rings. The quantitative estimate of drug-likeness (QED) is 0.181. The fourth-order valence-corrected chi connectivity index (χ4v) is 2.53. The lowest BCUT2D eigenvalue weighted by atomic mass is 10.1. The van der Waals surface area contributed by atoms with Gasteiger partial charge in [-0.15, -0.1) is 0 Å². The lowest BCUT2D eigenvalue weighted by Gasteiger charge is -2.01. The van der Waals surface area contributed by atoms with Crippen molar-refractivity contribution >= 4 is 5.91 Å². The number of amides is 1. The van der Waals surface area contributed by atoms with Crippen LogP contribution in [0.25, 0.3) is 0 Å². The molecule has 0 aliphatic heterocycles. The van der Waals surface area contributed by atoms with Crippen molar-refractivity contribution in [2.45, 2.75) is 84.5 Å². The van der Waals surface area contributed by atoms with E-state index in [0.29, 0.717) is 5.57 Å². The van der Waals surface area contributed by atoms with E-state index in [1.54, 1.807) is 13.0 Å². The van der Waals surface area contributed by atoms with E-state index in [9.17, 15) is 4.79 Å². The van der Waals surface area contributed by atoms with Gasteiger partial charge in [-0.05, 0) is 19.8 Å². The van der Waals surface area contributed by atoms with E-state index in [4.69, 9.17) is 5.73 Å². The topological polar surface area (TPSA) is 43.1 Å². The molecule has 0 saturated heterocycles. The average Bonchev–Trinajstić information content (AvgIpc) is 2.63. The lowest BCUT2D eigenvalue weighted by molar-refractivity contribution is -0.114. The Morgan fingerprint density at radius 3 is 1.69 bits per heavy atom. The molecule has 2 heteroatoms. The molecule has 1 amide bonds. The van der Waals surface area contributed by atoms with Crippen LogP contribution < -0.4 is 5.73 Å². The summed E-state index contributed by atoms with van der Waals surface area (Å²) in [5, 5.41) is 0. The van der Waals surface area contributed by atoms with E-state index in [0.717, 1.165) is 0 Å². The minimum absolute atomic E-state index is 0.383. The number of hydrogen-bond acceptors (Lipinski definition) is 1. The molecule has 146 valence electrons. The third kappa shape index (κ3) is 18.5. The number of allylic oxidation sites excluding steroid dienone is 9. The summed E-state index contributed by atoms with van der Waals surface area (Å²) >= 11 is 0. The summed E-state index contributed by atoms with van der Waals surface area (Å²) in [6.45, 7) is 3.98. The van der Waals surface area contributed by atoms with Crippen molar-refractivity contribution in [2.75, 3.05) is 0 Å². The van der Waals surface area contributed by atoms with Crippen molar-refractivity contribution in [1.29, 1.82) is 0 Å². The van der Waals surface area contributed by atoms with Gasteiger partial charge in [0.05, 0.1) is 0 Å². The molecular weight excluding hydrogens is 318 g/mol. The van der Waals surface area contributed by atoms with E-state index in [2.05, 4.69) is 19.1 Å². The van der Waals surface area contributed by atoms with Crippen LogP contribution in [0, 0.1) is 0 Å². The Morgan fingerprint density at radius 2 is 1.15 bits per heavy atom. The number of carbonyl (C=O) groups is 1. The van der Waals surface area contributed by atoms with Gasteiger partial charge in [0.25, 0.3) is 0 Å². The summed E-state index contributed by atoms with van der Waals surface area (Å²) in [6.07, 6.45) is 32.7. The molecule has 0 aromatic heterocycles. The molecule has 0 heterocycles. The van der Waals surface area contributed by atoms with Crippen molar-refractivity contribution in [3.05, 3.63) is 60.3 Å². The number of nitrogens with two attached hydrogens (primary N) is 1. The van der Waals surface area contributed by atoms with Gasteiger partial charge in [0.1, 0.15) is 0 Å². The maximum absolute atomic E-state index is 10.8. The molecule has 0 aliphatic carbocycles. The van der Waals surface area contributed by atoms with Crippen LogP contribution in [-0.4, -0.2) is 5.91 Å². The van der Waals surface area contributed by atoms with Crippen LogP contribution in [0.15, 0.2) is 60.3 Å². The Kier molecular flexibility index (Phi) is 18.1. The van der Waals surface area contributed by atoms with Gasteiger partial charge in [0, 0.05) is 5.57 Å². The second-order valence-electron chi connectivity index (χ2n) is 6.77. The molecule has 0 spiro atoms. The highest BCUT2D eigenvalue weighted by Crippen LogP contribution is 2.11. The first kappa shape index (κ1) is 24.2. The Balaban J connectivity index is 3.51. The Bertz CT molecular complexity index is 480. The number of hydrogen-bond donors (Lipinski definition) is 1. The first-order valence-electron chi connectivity index (χ1n) is 10.3. The molecule has 0 aromatic carbocycles. The molecular formula is C24H39NO. The smallest absolute Gasteiger partial charge is 0.244 e. The highest BCUT2D eigenvalue weighted by Gasteiger charge is 1.92. The molecule has 0 rings (SSSR count). The summed E-state index contributed by atoms with van der Waals surface area (Å²) in [5.41, 5.74) is 5.69. The monoisotopic (exact) mass is 357 g/mol. The maximum Gasteiger partial charge on any atom is 0.244 e. The Morgan fingerprint density at radius 1 is 0.692 bits per heavy atom. The molecule has 2 nitrogen and oxygen atoms in total. The highest BCUT2D eigenvalue weighted by molar-refractivity contribution is 5.91. The van der Waals surface area contributed by atoms with E-state index < -0.39 is 0 Å². The molecule has 0 unspecified atom stereocenters. The Hall–Kier alpha value is -1.83. The van der Waals surface area contributed by atoms with Gasteiger partial charge >= 0.3 is 0 Å². The minimum atomic E-state index is -0.383. The van der Waals surface area contributed by atoms with Gasteiger partial charge in [-0.25, -0.2) is 0 Å². The third-order valence-electron chi connectivity index (χ3n) is 4.26. The van der Waals surface area contributed by atoms with Crippen LogP contribution in [0.5, 0.6) is 0 Å². The standard InChI is InChI=1S/C24H39NO/c1-3-4-5-6-7-8-9-10-11-12-13-14-15-16-17-18-19-20-21-22-23(2)24(25)26/h14-22H,3-13H2,1-2H3,(H2,25,26). The fraction of sp³-hybridized carbons (Fsp3) is 0.542. The Labute approximate surface area is 161 Å². The van der Waals surface area contributed by atoms with E-state index in [-0.39, 0.29) is 5.91 Å². The zero-order valence-electron chi connectivity index (χ0n) is 17.0. The number of primary amides is 1. The van der Waals surface area contributed by atoms with Crippen molar-refractivity contribution < 1.29 is 4.79 Å². The second kappa shape index (κ2) is 19.5. The highest BCUT2D eigenvalue weighted by atomic mass is 16.1. The van der Waals surface area contributed by atoms with Crippen LogP contribution in [-0.2, 0) is 4.79 Å². The summed E-state index contributed by atoms with van der Waals surface area (Å²) in [7, 11) is 0. The fourth-order valence-electron chi connectivity index (χ4n) is 2.53. The van der Waals surface area contributed by atoms with Crippen LogP contribution in [0.2, 0.25) is 0 Å². The lowest BCUT2D eigenvalue weighted by Crippen LogP contribution is -2.11. The first-order valence-corrected chi connectivity index (χ1v) is 10.3. The molecule has 0 saturated carbocycles. The van der Waals surface area contributed by atoms with Crippen molar-refractivity contribution in [3.8, 4) is 0 Å². The van der Waals surface area contributed by atoms with Crippen LogP contribution >= 0.6 is 0 Å². The van der Waals surface area contributed by atoms with Crippen LogP contribution in [0.4, 0.5) is 0 Å². The van der Waals surface area contributed by atoms with E-state index >= 15 is 0 Å². The minimum Gasteiger partial charge on any atom is -0.366 e. The predicted molar refractivity (Wildman–Crippen MR) is 116 cm³/mol. The second-order valence-corrected chi connectivity index (χ2v) is 6.77. The van der Waals surface area contributed by atoms with Crippen LogP contribution in [0.3, 0.4) is 0 Å². The summed E-state index contributed by atoms with van der Waals surface area (Å²) < 4.78 is 0. The number of carbonyl (C=O) groups excluding carboxylic acids is 1. The summed E-state index contributed by atoms with van der Waals surface area (Å²) in [5.74, 6) is -0.383. The van der Waals surface area contributed by atoms with Gasteiger partial charge in [-0.1, -0.05) is 119 Å². The summed E-state index contributed by atoms with van der Waals surface area (Å²) in [4.78, 5) is 10.8. The van der Waals surface area contributed by atoms with E-state index in [1.807, 2.05) is 36.5 Å². The third-order valence-corrected chi connectivity index (χ3v) is 4.26. The molecule has 0 atom stereocenters. The normalized spacial score (nSPS) is 13.1. The zero-order chi connectivity index (χ0) is 19.3. The number of unbranched alkanes of at least 4 members (excludes halogenated alkanes) is 10. The molecule has 0 fully saturated rings. The molecule has 0 bridgehead atoms. The van der Waals surface area contributed by atoms with Gasteiger partial charge in [-0.3, -0.25) is 4.79 Å². The molecule has 0 aromatic rings. The molecule has 26 heavy (non-hydrogen) atoms. The van der Waals surface area contributed by atoms with E-state index in [1.165, 1.54) is 70.6 Å². The molecule has 2 N–H and O–H groups in total. The van der Waals surface area contributed by atoms with Crippen molar-refractivity contribution in [1.82, 2.24) is 0 Å². The SMILES string of the molecule is CCCCCCCCCCCCC=CC=CC=CC=CC=C(C)C(N)=O. The van der Waals surface area contributed by atoms with Crippen molar-refractivity contribution in [2.24, 2.45) is 5.73 Å². The van der Waals surface area contributed by atoms with Crippen molar-refractivity contribution in [3.63, 3.8) is 0 Å². The summed E-state index contributed by atoms with van der Waals surface area (Å²) in [6, 6.07) is 0.